The first kappa shape index (κ1) is 18.1. The van der Waals surface area contributed by atoms with Crippen LogP contribution < -0.4 is 47.5 Å². The summed E-state index contributed by atoms with van der Waals surface area (Å²) in [6.07, 6.45) is -0.929. The molecule has 1 N–H and O–H groups in total. The van der Waals surface area contributed by atoms with Crippen LogP contribution >= 0.6 is 7.82 Å². The molecule has 0 heterocycles. The summed E-state index contributed by atoms with van der Waals surface area (Å²) in [5.41, 5.74) is 0. The minimum atomic E-state index is -4.88. The fourth-order valence-electron chi connectivity index (χ4n) is 0.199. The predicted octanol–water partition coefficient (Wildman–Crippen LogP) is -7.78. The third kappa shape index (κ3) is 18.3. The van der Waals surface area contributed by atoms with Crippen molar-refractivity contribution in [1.29, 1.82) is 0 Å². The molecule has 0 aliphatic rings. The molecule has 1 unspecified atom stereocenters. The van der Waals surface area contributed by atoms with E-state index in [-0.39, 0.29) is 37.7 Å². The first-order valence-corrected chi connectivity index (χ1v) is 3.72. The molecule has 11 heavy (non-hydrogen) atoms. The van der Waals surface area contributed by atoms with Crippen LogP contribution in [0, 0.1) is 0 Å². The molecule has 1 atom stereocenters. The van der Waals surface area contributed by atoms with Gasteiger partial charge in [-0.2, -0.15) is 0 Å². The fraction of sp³-hybridized carbons (Fsp3) is 1.00. The molecule has 0 aromatic rings. The molecule has 0 aliphatic heterocycles. The minimum Gasteiger partial charge on any atom is -0.790 e. The fourth-order valence-corrected chi connectivity index (χ4v) is 0.597. The molecule has 8 heteroatoms. The van der Waals surface area contributed by atoms with E-state index in [1.54, 1.807) is 0 Å². The van der Waals surface area contributed by atoms with Crippen LogP contribution in [0.5, 0.6) is 0 Å². The Kier molecular flexibility index (Phi) is 13.0. The van der Waals surface area contributed by atoms with Gasteiger partial charge in [0.1, 0.15) is 0 Å². The van der Waals surface area contributed by atoms with Crippen molar-refractivity contribution in [1.82, 2.24) is 0 Å². The Morgan fingerprint density at radius 2 is 1.91 bits per heavy atom. The van der Waals surface area contributed by atoms with Gasteiger partial charge in [0, 0.05) is 0 Å². The molecule has 0 aromatic heterocycles. The molecule has 0 aromatic carbocycles. The number of hydrogen-bond donors (Lipinski definition) is 1. The normalized spacial score (nSPS) is 12.7. The zero-order valence-corrected chi connectivity index (χ0v) is 7.71. The zero-order valence-electron chi connectivity index (χ0n) is 6.81. The van der Waals surface area contributed by atoms with E-state index in [1.807, 2.05) is 0 Å². The van der Waals surface area contributed by atoms with Crippen molar-refractivity contribution < 1.29 is 61.7 Å². The predicted molar refractivity (Wildman–Crippen MR) is 25.2 cm³/mol. The van der Waals surface area contributed by atoms with Crippen molar-refractivity contribution in [2.75, 3.05) is 6.61 Å². The van der Waals surface area contributed by atoms with Gasteiger partial charge in [-0.15, -0.1) is 0 Å². The van der Waals surface area contributed by atoms with Gasteiger partial charge >= 0.3 is 37.7 Å². The van der Waals surface area contributed by atoms with E-state index in [1.165, 1.54) is 6.92 Å². The van der Waals surface area contributed by atoms with Crippen molar-refractivity contribution in [2.24, 2.45) is 0 Å². The van der Waals surface area contributed by atoms with Gasteiger partial charge in [0.15, 0.2) is 0 Å². The van der Waals surface area contributed by atoms with Gasteiger partial charge in [-0.3, -0.25) is 0 Å². The summed E-state index contributed by atoms with van der Waals surface area (Å²) in [6.45, 7) is 0.847. The summed E-state index contributed by atoms with van der Waals surface area (Å²) in [6, 6.07) is 0. The Balaban J connectivity index is -0.000000320. The number of aliphatic hydroxyl groups is 1. The van der Waals surface area contributed by atoms with E-state index in [9.17, 15) is 14.4 Å². The topological polar surface area (TPSA) is 92.7 Å². The van der Waals surface area contributed by atoms with Gasteiger partial charge < -0.3 is 24.0 Å². The summed E-state index contributed by atoms with van der Waals surface area (Å²) in [7, 11) is -4.88. The molecule has 0 aliphatic carbocycles. The smallest absolute Gasteiger partial charge is 0.790 e. The van der Waals surface area contributed by atoms with Gasteiger partial charge in [-0.05, 0) is 6.92 Å². The monoisotopic (exact) mass is 168 g/mol. The Labute approximate surface area is 89.1 Å². The van der Waals surface area contributed by atoms with Crippen molar-refractivity contribution >= 4 is 7.82 Å². The summed E-state index contributed by atoms with van der Waals surface area (Å²) in [5, 5.41) is 8.39. The summed E-state index contributed by atoms with van der Waals surface area (Å²) in [4.78, 5) is 19.3. The van der Waals surface area contributed by atoms with Crippen LogP contribution in [0.25, 0.3) is 0 Å². The molecule has 0 amide bonds. The second-order valence-electron chi connectivity index (χ2n) is 1.59. The molecular weight excluding hydrogens is 161 g/mol. The molecule has 0 bridgehead atoms. The average molecular weight is 168 g/mol. The Hall–Kier alpha value is 1.26. The third-order valence-corrected chi connectivity index (χ3v) is 0.939. The summed E-state index contributed by atoms with van der Waals surface area (Å²) < 4.78 is 13.4. The van der Waals surface area contributed by atoms with Gasteiger partial charge in [-0.1, -0.05) is 0 Å². The van der Waals surface area contributed by atoms with Crippen molar-refractivity contribution in [3.05, 3.63) is 0 Å². The van der Waals surface area contributed by atoms with Gasteiger partial charge in [0.05, 0.1) is 20.5 Å². The van der Waals surface area contributed by atoms with Gasteiger partial charge in [0.25, 0.3) is 0 Å². The number of hydrogen-bond acceptors (Lipinski definition) is 5. The van der Waals surface area contributed by atoms with Crippen LogP contribution in [-0.4, -0.2) is 17.8 Å². The molecule has 0 radical (unpaired) electrons. The third-order valence-electron chi connectivity index (χ3n) is 0.474. The van der Waals surface area contributed by atoms with E-state index in [0.717, 1.165) is 0 Å². The maximum atomic E-state index is 9.67. The van der Waals surface area contributed by atoms with Gasteiger partial charge in [0.2, 0.25) is 0 Å². The minimum absolute atomic E-state index is 0. The molecule has 5 nitrogen and oxygen atoms in total. The SMILES string of the molecule is CC(O)COP(=O)([O-])[O-].[Li+].[Li+]. The summed E-state index contributed by atoms with van der Waals surface area (Å²) >= 11 is 0. The zero-order chi connectivity index (χ0) is 7.49. The van der Waals surface area contributed by atoms with Crippen LogP contribution in [0.15, 0.2) is 0 Å². The number of rotatable bonds is 3. The Morgan fingerprint density at radius 1 is 1.55 bits per heavy atom. The largest absolute Gasteiger partial charge is 1.00 e. The van der Waals surface area contributed by atoms with Crippen LogP contribution in [0.2, 0.25) is 0 Å². The van der Waals surface area contributed by atoms with E-state index in [0.29, 0.717) is 0 Å². The van der Waals surface area contributed by atoms with Crippen LogP contribution in [0.1, 0.15) is 6.92 Å². The molecule has 56 valence electrons. The number of aliphatic hydroxyl groups excluding tert-OH is 1. The van der Waals surface area contributed by atoms with Crippen LogP contribution in [0.4, 0.5) is 0 Å². The van der Waals surface area contributed by atoms with E-state index < -0.39 is 20.5 Å². The first-order chi connectivity index (χ1) is 3.92. The second kappa shape index (κ2) is 7.89. The standard InChI is InChI=1S/C3H9O5P.2Li/c1-3(4)2-8-9(5,6)7;;/h3-4H,2H2,1H3,(H2,5,6,7);;/q;2*+1/p-2. The van der Waals surface area contributed by atoms with E-state index in [2.05, 4.69) is 4.52 Å². The molecular formula is C3H7Li2O5P. The Morgan fingerprint density at radius 3 is 2.00 bits per heavy atom. The molecule has 0 rings (SSSR count). The van der Waals surface area contributed by atoms with Crippen LogP contribution in [-0.2, 0) is 9.09 Å². The molecule has 0 fully saturated rings. The molecule has 0 saturated heterocycles. The summed E-state index contributed by atoms with van der Waals surface area (Å²) in [5.74, 6) is 0. The van der Waals surface area contributed by atoms with Gasteiger partial charge in [-0.25, -0.2) is 0 Å². The van der Waals surface area contributed by atoms with E-state index in [4.69, 9.17) is 5.11 Å². The first-order valence-electron chi connectivity index (χ1n) is 2.26. The van der Waals surface area contributed by atoms with Crippen LogP contribution in [0.3, 0.4) is 0 Å². The maximum absolute atomic E-state index is 9.67. The molecule has 0 saturated carbocycles. The Bertz CT molecular complexity index is 123. The quantitative estimate of drug-likeness (QED) is 0.333. The molecule has 0 spiro atoms. The number of phosphoric acid groups is 1. The maximum Gasteiger partial charge on any atom is 1.00 e. The van der Waals surface area contributed by atoms with Crippen molar-refractivity contribution in [3.63, 3.8) is 0 Å². The van der Waals surface area contributed by atoms with Crippen molar-refractivity contribution in [3.8, 4) is 0 Å². The van der Waals surface area contributed by atoms with Crippen molar-refractivity contribution in [2.45, 2.75) is 13.0 Å². The second-order valence-corrected chi connectivity index (χ2v) is 2.74. The number of phosphoric ester groups is 1. The average Bonchev–Trinajstić information content (AvgIpc) is 1.59. The van der Waals surface area contributed by atoms with E-state index >= 15 is 0 Å².